The predicted molar refractivity (Wildman–Crippen MR) is 106 cm³/mol. The Morgan fingerprint density at radius 3 is 2.93 bits per heavy atom. The van der Waals surface area contributed by atoms with Gasteiger partial charge in [-0.25, -0.2) is 4.98 Å². The Morgan fingerprint density at radius 1 is 1.21 bits per heavy atom. The molecule has 7 heteroatoms. The van der Waals surface area contributed by atoms with Crippen molar-refractivity contribution in [3.8, 4) is 5.69 Å². The summed E-state index contributed by atoms with van der Waals surface area (Å²) in [4.78, 5) is 17.3. The first-order chi connectivity index (χ1) is 13.8. The van der Waals surface area contributed by atoms with E-state index in [0.29, 0.717) is 24.5 Å². The van der Waals surface area contributed by atoms with Gasteiger partial charge in [0, 0.05) is 23.9 Å². The Bertz CT molecular complexity index is 1130. The molecule has 1 unspecified atom stereocenters. The van der Waals surface area contributed by atoms with Crippen molar-refractivity contribution >= 4 is 22.6 Å². The maximum atomic E-state index is 12.8. The van der Waals surface area contributed by atoms with Crippen LogP contribution in [-0.2, 0) is 4.74 Å². The summed E-state index contributed by atoms with van der Waals surface area (Å²) in [7, 11) is 0. The number of aromatic nitrogens is 4. The van der Waals surface area contributed by atoms with E-state index in [9.17, 15) is 4.79 Å². The number of H-pyrrole nitrogens is 1. The number of carbonyl (C=O) groups is 1. The summed E-state index contributed by atoms with van der Waals surface area (Å²) in [5.74, 6) is 0.00444. The van der Waals surface area contributed by atoms with Crippen LogP contribution in [0.4, 0.5) is 5.69 Å². The van der Waals surface area contributed by atoms with Gasteiger partial charge in [-0.15, -0.1) is 0 Å². The van der Waals surface area contributed by atoms with Crippen LogP contribution in [0.15, 0.2) is 61.1 Å². The molecule has 3 heterocycles. The quantitative estimate of drug-likeness (QED) is 0.573. The fourth-order valence-electron chi connectivity index (χ4n) is 3.63. The van der Waals surface area contributed by atoms with Crippen molar-refractivity contribution in [1.82, 2.24) is 19.7 Å². The number of ether oxygens (including phenoxy) is 1. The lowest BCUT2D eigenvalue weighted by atomic mass is 10.0. The summed E-state index contributed by atoms with van der Waals surface area (Å²) in [6.45, 7) is 1.33. The number of hydrogen-bond donors (Lipinski definition) is 2. The minimum absolute atomic E-state index is 0.183. The first kappa shape index (κ1) is 16.7. The third-order valence-electron chi connectivity index (χ3n) is 5.09. The average molecular weight is 373 g/mol. The van der Waals surface area contributed by atoms with E-state index < -0.39 is 0 Å². The van der Waals surface area contributed by atoms with Crippen molar-refractivity contribution in [2.75, 3.05) is 18.5 Å². The first-order valence-electron chi connectivity index (χ1n) is 9.24. The van der Waals surface area contributed by atoms with E-state index in [1.54, 1.807) is 12.5 Å². The number of imidazole rings is 1. The average Bonchev–Trinajstić information content (AvgIpc) is 3.47. The van der Waals surface area contributed by atoms with Crippen molar-refractivity contribution in [3.63, 3.8) is 0 Å². The van der Waals surface area contributed by atoms with Gasteiger partial charge in [-0.1, -0.05) is 18.2 Å². The normalized spacial score (nSPS) is 16.5. The summed E-state index contributed by atoms with van der Waals surface area (Å²) in [5.41, 5.74) is 4.94. The molecule has 2 N–H and O–H groups in total. The van der Waals surface area contributed by atoms with Crippen molar-refractivity contribution < 1.29 is 9.53 Å². The molecule has 7 nitrogen and oxygen atoms in total. The molecule has 1 saturated heterocycles. The van der Waals surface area contributed by atoms with Gasteiger partial charge < -0.3 is 10.1 Å². The fraction of sp³-hybridized carbons (Fsp3) is 0.190. The van der Waals surface area contributed by atoms with Gasteiger partial charge in [-0.2, -0.15) is 5.10 Å². The maximum absolute atomic E-state index is 12.8. The number of rotatable bonds is 4. The van der Waals surface area contributed by atoms with E-state index in [-0.39, 0.29) is 11.8 Å². The van der Waals surface area contributed by atoms with Crippen molar-refractivity contribution in [2.45, 2.75) is 12.3 Å². The standard InChI is InChI=1S/C21H19N5O2/c27-21(17-11-23-25-20(17)14-8-9-28-12-14)24-15-6-7-19-18(10-15)22-13-26(19)16-4-2-1-3-5-16/h1-7,10-11,13-14H,8-9,12H2,(H,23,25)(H,24,27). The molecule has 1 atom stereocenters. The molecule has 0 spiro atoms. The number of nitrogens with one attached hydrogen (secondary N) is 2. The molecule has 28 heavy (non-hydrogen) atoms. The number of aromatic amines is 1. The van der Waals surface area contributed by atoms with Crippen LogP contribution in [0.5, 0.6) is 0 Å². The van der Waals surface area contributed by atoms with Crippen molar-refractivity contribution in [1.29, 1.82) is 0 Å². The van der Waals surface area contributed by atoms with Crippen LogP contribution >= 0.6 is 0 Å². The number of benzene rings is 2. The number of hydrogen-bond acceptors (Lipinski definition) is 4. The van der Waals surface area contributed by atoms with Crippen LogP contribution in [0.3, 0.4) is 0 Å². The predicted octanol–water partition coefficient (Wildman–Crippen LogP) is 3.50. The van der Waals surface area contributed by atoms with Gasteiger partial charge in [0.25, 0.3) is 5.91 Å². The first-order valence-corrected chi connectivity index (χ1v) is 9.24. The van der Waals surface area contributed by atoms with Gasteiger partial charge in [-0.05, 0) is 36.8 Å². The molecule has 4 aromatic rings. The summed E-state index contributed by atoms with van der Waals surface area (Å²) in [6.07, 6.45) is 4.26. The molecule has 0 bridgehead atoms. The number of fused-ring (bicyclic) bond motifs is 1. The van der Waals surface area contributed by atoms with E-state index in [1.165, 1.54) is 0 Å². The Labute approximate surface area is 161 Å². The van der Waals surface area contributed by atoms with Crippen LogP contribution in [0.2, 0.25) is 0 Å². The van der Waals surface area contributed by atoms with Gasteiger partial charge in [0.05, 0.1) is 35.1 Å². The van der Waals surface area contributed by atoms with Crippen LogP contribution in [-0.4, -0.2) is 38.9 Å². The number of nitrogens with zero attached hydrogens (tertiary/aromatic N) is 3. The molecule has 1 amide bonds. The number of anilines is 1. The van der Waals surface area contributed by atoms with Gasteiger partial charge in [-0.3, -0.25) is 14.5 Å². The highest BCUT2D eigenvalue weighted by Gasteiger charge is 2.25. The van der Waals surface area contributed by atoms with Gasteiger partial charge in [0.1, 0.15) is 6.33 Å². The number of carbonyl (C=O) groups excluding carboxylic acids is 1. The highest BCUT2D eigenvalue weighted by Crippen LogP contribution is 2.27. The molecule has 140 valence electrons. The monoisotopic (exact) mass is 373 g/mol. The highest BCUT2D eigenvalue weighted by atomic mass is 16.5. The van der Waals surface area contributed by atoms with Crippen LogP contribution in [0.25, 0.3) is 16.7 Å². The molecule has 0 aliphatic carbocycles. The third-order valence-corrected chi connectivity index (χ3v) is 5.09. The van der Waals surface area contributed by atoms with E-state index in [4.69, 9.17) is 4.74 Å². The van der Waals surface area contributed by atoms with E-state index in [1.807, 2.05) is 53.1 Å². The third kappa shape index (κ3) is 2.95. The van der Waals surface area contributed by atoms with Crippen LogP contribution in [0.1, 0.15) is 28.4 Å². The minimum Gasteiger partial charge on any atom is -0.381 e. The Morgan fingerprint density at radius 2 is 2.11 bits per heavy atom. The molecule has 2 aromatic carbocycles. The molecule has 1 fully saturated rings. The second-order valence-corrected chi connectivity index (χ2v) is 6.87. The summed E-state index contributed by atoms with van der Waals surface area (Å²) in [6, 6.07) is 15.8. The second-order valence-electron chi connectivity index (χ2n) is 6.87. The summed E-state index contributed by atoms with van der Waals surface area (Å²) >= 11 is 0. The number of para-hydroxylation sites is 1. The summed E-state index contributed by atoms with van der Waals surface area (Å²) in [5, 5.41) is 9.98. The Balaban J connectivity index is 1.40. The fourth-order valence-corrected chi connectivity index (χ4v) is 3.63. The molecule has 1 aliphatic heterocycles. The lowest BCUT2D eigenvalue weighted by Gasteiger charge is -2.09. The summed E-state index contributed by atoms with van der Waals surface area (Å²) < 4.78 is 7.45. The van der Waals surface area contributed by atoms with Gasteiger partial charge in [0.2, 0.25) is 0 Å². The molecule has 2 aromatic heterocycles. The largest absolute Gasteiger partial charge is 0.381 e. The smallest absolute Gasteiger partial charge is 0.259 e. The zero-order chi connectivity index (χ0) is 18.9. The van der Waals surface area contributed by atoms with Crippen LogP contribution < -0.4 is 5.32 Å². The SMILES string of the molecule is O=C(Nc1ccc2c(c1)ncn2-c1ccccc1)c1cn[nH]c1C1CCOC1. The van der Waals surface area contributed by atoms with Crippen molar-refractivity contribution in [3.05, 3.63) is 72.3 Å². The molecule has 0 saturated carbocycles. The van der Waals surface area contributed by atoms with E-state index in [2.05, 4.69) is 20.5 Å². The molecular formula is C21H19N5O2. The molecule has 5 rings (SSSR count). The Kier molecular flexibility index (Phi) is 4.14. The molecule has 1 aliphatic rings. The van der Waals surface area contributed by atoms with E-state index in [0.717, 1.165) is 28.8 Å². The molecular weight excluding hydrogens is 354 g/mol. The molecule has 0 radical (unpaired) electrons. The minimum atomic E-state index is -0.183. The van der Waals surface area contributed by atoms with Gasteiger partial charge >= 0.3 is 0 Å². The maximum Gasteiger partial charge on any atom is 0.259 e. The lowest BCUT2D eigenvalue weighted by Crippen LogP contribution is -2.15. The zero-order valence-corrected chi connectivity index (χ0v) is 15.1. The Hall–Kier alpha value is -3.45. The lowest BCUT2D eigenvalue weighted by molar-refractivity contribution is 0.102. The second kappa shape index (κ2) is 6.94. The topological polar surface area (TPSA) is 84.8 Å². The van der Waals surface area contributed by atoms with Gasteiger partial charge in [0.15, 0.2) is 0 Å². The van der Waals surface area contributed by atoms with Crippen LogP contribution in [0, 0.1) is 0 Å². The zero-order valence-electron chi connectivity index (χ0n) is 15.1. The number of amides is 1. The van der Waals surface area contributed by atoms with E-state index >= 15 is 0 Å². The highest BCUT2D eigenvalue weighted by molar-refractivity contribution is 6.05. The van der Waals surface area contributed by atoms with Crippen molar-refractivity contribution in [2.24, 2.45) is 0 Å².